The molecule has 0 aromatic heterocycles. The number of aliphatic hydroxyl groups excluding tert-OH is 1. The molecular weight excluding hydrogens is 486 g/mol. The van der Waals surface area contributed by atoms with Crippen molar-refractivity contribution in [1.29, 1.82) is 0 Å². The summed E-state index contributed by atoms with van der Waals surface area (Å²) in [5.74, 6) is -0.817. The van der Waals surface area contributed by atoms with Crippen molar-refractivity contribution in [2.24, 2.45) is 29.6 Å². The van der Waals surface area contributed by atoms with E-state index in [0.29, 0.717) is 25.2 Å². The van der Waals surface area contributed by atoms with Crippen LogP contribution in [0.15, 0.2) is 0 Å². The van der Waals surface area contributed by atoms with E-state index < -0.39 is 35.1 Å². The maximum atomic E-state index is 14.3. The lowest BCUT2D eigenvalue weighted by molar-refractivity contribution is -0.210. The first kappa shape index (κ1) is 26.8. The van der Waals surface area contributed by atoms with Crippen LogP contribution in [0.1, 0.15) is 58.3 Å². The summed E-state index contributed by atoms with van der Waals surface area (Å²) in [5, 5.41) is 15.2. The van der Waals surface area contributed by atoms with Gasteiger partial charge in [0, 0.05) is 32.6 Å². The monoisotopic (exact) mass is 527 g/mol. The number of methoxy groups -OCH3 is 3. The second-order valence-corrected chi connectivity index (χ2v) is 12.3. The molecule has 2 saturated heterocycles. The molecule has 0 bridgehead atoms. The summed E-state index contributed by atoms with van der Waals surface area (Å²) in [7, 11) is 4.64. The normalized spacial score (nSPS) is 49.5. The molecule has 204 valence electrons. The first-order valence-electron chi connectivity index (χ1n) is 13.7. The van der Waals surface area contributed by atoms with Gasteiger partial charge in [-0.15, -0.1) is 11.6 Å². The van der Waals surface area contributed by atoms with Gasteiger partial charge in [-0.1, -0.05) is 39.0 Å². The second kappa shape index (κ2) is 10.4. The zero-order valence-electron chi connectivity index (χ0n) is 21.9. The van der Waals surface area contributed by atoms with Gasteiger partial charge in [0.25, 0.3) is 0 Å². The molecule has 3 saturated carbocycles. The van der Waals surface area contributed by atoms with Crippen LogP contribution in [0.3, 0.4) is 0 Å². The summed E-state index contributed by atoms with van der Waals surface area (Å²) in [6.45, 7) is 1.98. The average molecular weight is 528 g/mol. The van der Waals surface area contributed by atoms with Crippen molar-refractivity contribution in [3.63, 3.8) is 0 Å². The van der Waals surface area contributed by atoms with E-state index in [1.165, 1.54) is 13.5 Å². The number of nitrogens with one attached hydrogen (secondary N) is 1. The Balaban J connectivity index is 1.50. The van der Waals surface area contributed by atoms with Crippen LogP contribution in [0.4, 0.5) is 0 Å². The summed E-state index contributed by atoms with van der Waals surface area (Å²) in [6.07, 6.45) is 5.21. The van der Waals surface area contributed by atoms with Gasteiger partial charge in [-0.3, -0.25) is 9.59 Å². The number of ketones is 1. The Hall–Kier alpha value is -0.770. The summed E-state index contributed by atoms with van der Waals surface area (Å²) in [6, 6.07) is -0.492. The van der Waals surface area contributed by atoms with Crippen LogP contribution >= 0.6 is 11.6 Å². The molecule has 0 aromatic carbocycles. The van der Waals surface area contributed by atoms with Gasteiger partial charge in [0.1, 0.15) is 6.04 Å². The number of carbonyl (C=O) groups excluding carboxylic acids is 2. The number of hydrogen-bond acceptors (Lipinski definition) is 8. The number of Topliss-reactive ketones (excluding diaryl/α,β-unsaturated/α-hetero) is 1. The zero-order valence-corrected chi connectivity index (χ0v) is 22.6. The number of piperidine rings is 1. The van der Waals surface area contributed by atoms with Gasteiger partial charge >= 0.3 is 5.97 Å². The number of ether oxygens (including phenoxy) is 4. The van der Waals surface area contributed by atoms with E-state index >= 15 is 0 Å². The molecule has 2 heterocycles. The molecule has 3 aliphatic carbocycles. The van der Waals surface area contributed by atoms with Gasteiger partial charge in [-0.25, -0.2) is 0 Å². The van der Waals surface area contributed by atoms with Crippen molar-refractivity contribution in [1.82, 2.24) is 5.32 Å². The standard InChI is InChI=1S/C27H42ClNO7/c1-13-10-16-20(15(14-8-6-5-7-9-14)11-17(29-16)26(32)35-4)24(30)27(13)25(31)21-18(33-2)12-19(34-3)22(28)23(21)36-27/h13-24,29-30H,5-12H2,1-4H3/t13-,15?,16?,17?,18?,19?,20?,21?,22?,23?,24-,27+/m1/s1. The third-order valence-corrected chi connectivity index (χ3v) is 10.8. The molecule has 0 aromatic rings. The molecule has 5 rings (SSSR count). The second-order valence-electron chi connectivity index (χ2n) is 11.8. The summed E-state index contributed by atoms with van der Waals surface area (Å²) < 4.78 is 23.2. The quantitative estimate of drug-likeness (QED) is 0.424. The van der Waals surface area contributed by atoms with E-state index in [9.17, 15) is 14.7 Å². The van der Waals surface area contributed by atoms with Crippen molar-refractivity contribution in [2.45, 2.75) is 106 Å². The Morgan fingerprint density at radius 2 is 1.78 bits per heavy atom. The summed E-state index contributed by atoms with van der Waals surface area (Å²) >= 11 is 6.82. The number of carbonyl (C=O) groups is 2. The Morgan fingerprint density at radius 1 is 1.08 bits per heavy atom. The number of aliphatic hydroxyl groups is 1. The lowest BCUT2D eigenvalue weighted by Crippen LogP contribution is -2.70. The zero-order chi connectivity index (χ0) is 25.8. The highest BCUT2D eigenvalue weighted by Gasteiger charge is 2.70. The van der Waals surface area contributed by atoms with Gasteiger partial charge in [0.2, 0.25) is 0 Å². The molecule has 12 atom stereocenters. The van der Waals surface area contributed by atoms with Gasteiger partial charge < -0.3 is 29.4 Å². The molecule has 5 fully saturated rings. The Kier molecular flexibility index (Phi) is 7.76. The van der Waals surface area contributed by atoms with Crippen molar-refractivity contribution >= 4 is 23.4 Å². The van der Waals surface area contributed by atoms with Gasteiger partial charge in [-0.2, -0.15) is 0 Å². The largest absolute Gasteiger partial charge is 0.468 e. The van der Waals surface area contributed by atoms with E-state index in [-0.39, 0.29) is 47.8 Å². The van der Waals surface area contributed by atoms with Crippen LogP contribution in [0.2, 0.25) is 0 Å². The van der Waals surface area contributed by atoms with Crippen molar-refractivity contribution in [3.8, 4) is 0 Å². The fraction of sp³-hybridized carbons (Fsp3) is 0.926. The highest BCUT2D eigenvalue weighted by molar-refractivity contribution is 6.22. The number of rotatable bonds is 4. The van der Waals surface area contributed by atoms with E-state index in [4.69, 9.17) is 30.5 Å². The molecule has 36 heavy (non-hydrogen) atoms. The minimum atomic E-state index is -1.34. The molecule has 8 nitrogen and oxygen atoms in total. The minimum Gasteiger partial charge on any atom is -0.468 e. The SMILES string of the molecule is COC(=O)C1CC(C2CCCCC2)C2C(C[C@@H](C)[C@]3(OC4C(Cl)C(OC)CC(OC)C4C3=O)[C@@H]2O)N1. The molecule has 5 aliphatic rings. The molecule has 0 amide bonds. The fourth-order valence-electron chi connectivity index (χ4n) is 8.52. The number of esters is 1. The number of hydrogen-bond donors (Lipinski definition) is 2. The van der Waals surface area contributed by atoms with Crippen LogP contribution in [-0.4, -0.2) is 85.7 Å². The molecule has 0 radical (unpaired) electrons. The van der Waals surface area contributed by atoms with E-state index in [2.05, 4.69) is 5.32 Å². The summed E-state index contributed by atoms with van der Waals surface area (Å²) in [4.78, 5) is 26.9. The molecule has 9 unspecified atom stereocenters. The van der Waals surface area contributed by atoms with Crippen LogP contribution < -0.4 is 5.32 Å². The van der Waals surface area contributed by atoms with Crippen LogP contribution in [0.5, 0.6) is 0 Å². The van der Waals surface area contributed by atoms with E-state index in [1.807, 2.05) is 6.92 Å². The van der Waals surface area contributed by atoms with E-state index in [0.717, 1.165) is 25.7 Å². The highest BCUT2D eigenvalue weighted by Crippen LogP contribution is 2.56. The van der Waals surface area contributed by atoms with Gasteiger partial charge in [0.15, 0.2) is 11.4 Å². The minimum absolute atomic E-state index is 0.0875. The maximum Gasteiger partial charge on any atom is 0.322 e. The lowest BCUT2D eigenvalue weighted by Gasteiger charge is -2.56. The Morgan fingerprint density at radius 3 is 2.42 bits per heavy atom. The third-order valence-electron chi connectivity index (χ3n) is 10.3. The van der Waals surface area contributed by atoms with Gasteiger partial charge in [-0.05, 0) is 30.6 Å². The number of alkyl halides is 1. The average Bonchev–Trinajstić information content (AvgIpc) is 3.21. The van der Waals surface area contributed by atoms with Gasteiger partial charge in [0.05, 0.1) is 42.8 Å². The molecule has 2 N–H and O–H groups in total. The molecule has 9 heteroatoms. The van der Waals surface area contributed by atoms with Crippen LogP contribution in [0, 0.1) is 29.6 Å². The van der Waals surface area contributed by atoms with Crippen molar-refractivity contribution < 1.29 is 33.6 Å². The molecule has 1 spiro atoms. The van der Waals surface area contributed by atoms with Crippen molar-refractivity contribution in [3.05, 3.63) is 0 Å². The molecular formula is C27H42ClNO7. The van der Waals surface area contributed by atoms with E-state index in [1.54, 1.807) is 14.2 Å². The first-order valence-corrected chi connectivity index (χ1v) is 14.2. The fourth-order valence-corrected chi connectivity index (χ4v) is 8.94. The third kappa shape index (κ3) is 4.06. The number of halogens is 1. The van der Waals surface area contributed by atoms with Crippen molar-refractivity contribution in [2.75, 3.05) is 21.3 Å². The smallest absolute Gasteiger partial charge is 0.322 e. The Labute approximate surface area is 219 Å². The van der Waals surface area contributed by atoms with Crippen LogP contribution in [-0.2, 0) is 28.5 Å². The highest BCUT2D eigenvalue weighted by atomic mass is 35.5. The maximum absolute atomic E-state index is 14.3. The lowest BCUT2D eigenvalue weighted by atomic mass is 9.56. The predicted octanol–water partition coefficient (Wildman–Crippen LogP) is 2.47. The Bertz CT molecular complexity index is 837. The topological polar surface area (TPSA) is 103 Å². The predicted molar refractivity (Wildman–Crippen MR) is 133 cm³/mol. The number of fused-ring (bicyclic) bond motifs is 2. The molecule has 2 aliphatic heterocycles. The summed E-state index contributed by atoms with van der Waals surface area (Å²) in [5.41, 5.74) is -1.34. The first-order chi connectivity index (χ1) is 17.3. The van der Waals surface area contributed by atoms with Crippen LogP contribution in [0.25, 0.3) is 0 Å².